The maximum absolute atomic E-state index is 12.9. The van der Waals surface area contributed by atoms with Crippen molar-refractivity contribution in [2.45, 2.75) is 26.3 Å². The maximum Gasteiger partial charge on any atom is 0.241 e. The number of piperidine rings is 1. The van der Waals surface area contributed by atoms with E-state index in [4.69, 9.17) is 9.26 Å². The highest BCUT2D eigenvalue weighted by atomic mass is 16.5. The highest BCUT2D eigenvalue weighted by Crippen LogP contribution is 2.27. The molecule has 0 aliphatic carbocycles. The van der Waals surface area contributed by atoms with Gasteiger partial charge in [0, 0.05) is 12.1 Å². The van der Waals surface area contributed by atoms with Crippen molar-refractivity contribution in [3.8, 4) is 17.1 Å². The number of carbonyl (C=O) groups is 1. The fraction of sp³-hybridized carbons (Fsp3) is 0.348. The fourth-order valence-electron chi connectivity index (χ4n) is 3.78. The van der Waals surface area contributed by atoms with Crippen molar-refractivity contribution in [1.82, 2.24) is 15.0 Å². The molecular weight excluding hydrogens is 380 g/mol. The second-order valence-corrected chi connectivity index (χ2v) is 7.65. The van der Waals surface area contributed by atoms with Crippen molar-refractivity contribution in [1.29, 1.82) is 0 Å². The van der Waals surface area contributed by atoms with Crippen LogP contribution in [0.4, 0.5) is 5.69 Å². The Labute approximate surface area is 176 Å². The number of aromatic nitrogens is 2. The standard InChI is InChI=1S/C23H26N4O3/c1-16-10-11-20(29-2)19(13-16)24-23(28)18-9-6-12-27(14-18)15-21-25-22(26-30-21)17-7-4-3-5-8-17/h3-5,7-8,10-11,13,18H,6,9,12,14-15H2,1-2H3,(H,24,28). The van der Waals surface area contributed by atoms with Gasteiger partial charge in [-0.15, -0.1) is 0 Å². The Kier molecular flexibility index (Phi) is 6.09. The van der Waals surface area contributed by atoms with Crippen molar-refractivity contribution in [3.63, 3.8) is 0 Å². The van der Waals surface area contributed by atoms with Crippen LogP contribution < -0.4 is 10.1 Å². The second kappa shape index (κ2) is 9.09. The number of amides is 1. The number of carbonyl (C=O) groups excluding carboxylic acids is 1. The summed E-state index contributed by atoms with van der Waals surface area (Å²) in [5.41, 5.74) is 2.71. The average molecular weight is 406 g/mol. The largest absolute Gasteiger partial charge is 0.495 e. The first kappa shape index (κ1) is 20.1. The molecule has 1 aliphatic heterocycles. The van der Waals surface area contributed by atoms with Crippen molar-refractivity contribution in [2.24, 2.45) is 5.92 Å². The number of nitrogens with one attached hydrogen (secondary N) is 1. The number of ether oxygens (including phenoxy) is 1. The molecule has 1 atom stereocenters. The van der Waals surface area contributed by atoms with Crippen LogP contribution in [0.2, 0.25) is 0 Å². The molecule has 1 amide bonds. The minimum absolute atomic E-state index is 0.0131. The molecule has 1 saturated heterocycles. The zero-order valence-electron chi connectivity index (χ0n) is 17.3. The summed E-state index contributed by atoms with van der Waals surface area (Å²) in [6, 6.07) is 15.5. The average Bonchev–Trinajstić information content (AvgIpc) is 3.23. The van der Waals surface area contributed by atoms with Crippen LogP contribution in [0.3, 0.4) is 0 Å². The number of anilines is 1. The van der Waals surface area contributed by atoms with Gasteiger partial charge in [0.1, 0.15) is 5.75 Å². The van der Waals surface area contributed by atoms with Gasteiger partial charge in [-0.05, 0) is 44.0 Å². The molecule has 1 unspecified atom stereocenters. The number of nitrogens with zero attached hydrogens (tertiary/aromatic N) is 3. The molecule has 1 fully saturated rings. The number of aryl methyl sites for hydroxylation is 1. The quantitative estimate of drug-likeness (QED) is 0.669. The summed E-state index contributed by atoms with van der Waals surface area (Å²) >= 11 is 0. The third kappa shape index (κ3) is 4.68. The number of hydrogen-bond donors (Lipinski definition) is 1. The van der Waals surface area contributed by atoms with E-state index in [2.05, 4.69) is 20.4 Å². The van der Waals surface area contributed by atoms with Gasteiger partial charge >= 0.3 is 0 Å². The molecule has 156 valence electrons. The van der Waals surface area contributed by atoms with Crippen LogP contribution >= 0.6 is 0 Å². The van der Waals surface area contributed by atoms with E-state index in [9.17, 15) is 4.79 Å². The molecule has 0 bridgehead atoms. The normalized spacial score (nSPS) is 16.9. The smallest absolute Gasteiger partial charge is 0.241 e. The molecule has 30 heavy (non-hydrogen) atoms. The van der Waals surface area contributed by atoms with E-state index < -0.39 is 0 Å². The summed E-state index contributed by atoms with van der Waals surface area (Å²) in [6.45, 7) is 4.09. The first-order valence-electron chi connectivity index (χ1n) is 10.2. The lowest BCUT2D eigenvalue weighted by Crippen LogP contribution is -2.40. The topological polar surface area (TPSA) is 80.5 Å². The van der Waals surface area contributed by atoms with Crippen LogP contribution in [-0.2, 0) is 11.3 Å². The predicted octanol–water partition coefficient (Wildman–Crippen LogP) is 3.90. The van der Waals surface area contributed by atoms with Gasteiger partial charge in [0.05, 0.1) is 25.3 Å². The lowest BCUT2D eigenvalue weighted by Gasteiger charge is -2.31. The first-order valence-corrected chi connectivity index (χ1v) is 10.2. The number of hydrogen-bond acceptors (Lipinski definition) is 6. The molecule has 0 radical (unpaired) electrons. The summed E-state index contributed by atoms with van der Waals surface area (Å²) < 4.78 is 10.8. The third-order valence-electron chi connectivity index (χ3n) is 5.35. The first-order chi connectivity index (χ1) is 14.6. The Morgan fingerprint density at radius 2 is 2.10 bits per heavy atom. The van der Waals surface area contributed by atoms with Crippen LogP contribution in [0, 0.1) is 12.8 Å². The molecule has 2 aromatic carbocycles. The summed E-state index contributed by atoms with van der Waals surface area (Å²) in [6.07, 6.45) is 1.80. The Bertz CT molecular complexity index is 1000. The zero-order chi connectivity index (χ0) is 20.9. The van der Waals surface area contributed by atoms with E-state index in [1.54, 1.807) is 7.11 Å². The molecule has 4 rings (SSSR count). The molecule has 3 aromatic rings. The number of likely N-dealkylation sites (tertiary alicyclic amines) is 1. The highest BCUT2D eigenvalue weighted by Gasteiger charge is 2.27. The van der Waals surface area contributed by atoms with Gasteiger partial charge in [-0.1, -0.05) is 41.6 Å². The van der Waals surface area contributed by atoms with Crippen LogP contribution in [-0.4, -0.2) is 41.1 Å². The Hall–Kier alpha value is -3.19. The summed E-state index contributed by atoms with van der Waals surface area (Å²) in [7, 11) is 1.61. The van der Waals surface area contributed by atoms with Gasteiger partial charge in [0.2, 0.25) is 17.6 Å². The maximum atomic E-state index is 12.9. The minimum atomic E-state index is -0.0968. The van der Waals surface area contributed by atoms with Gasteiger partial charge in [0.15, 0.2) is 0 Å². The van der Waals surface area contributed by atoms with Crippen LogP contribution in [0.5, 0.6) is 5.75 Å². The van der Waals surface area contributed by atoms with Gasteiger partial charge in [-0.25, -0.2) is 0 Å². The Morgan fingerprint density at radius 1 is 1.27 bits per heavy atom. The van der Waals surface area contributed by atoms with Crippen LogP contribution in [0.1, 0.15) is 24.3 Å². The van der Waals surface area contributed by atoms with Gasteiger partial charge in [0.25, 0.3) is 0 Å². The third-order valence-corrected chi connectivity index (χ3v) is 5.35. The monoisotopic (exact) mass is 406 g/mol. The van der Waals surface area contributed by atoms with Gasteiger partial charge < -0.3 is 14.6 Å². The molecule has 2 heterocycles. The second-order valence-electron chi connectivity index (χ2n) is 7.65. The number of methoxy groups -OCH3 is 1. The summed E-state index contributed by atoms with van der Waals surface area (Å²) in [5, 5.41) is 7.12. The van der Waals surface area contributed by atoms with Gasteiger partial charge in [-0.2, -0.15) is 4.98 Å². The molecule has 7 heteroatoms. The van der Waals surface area contributed by atoms with E-state index in [0.717, 1.165) is 30.5 Å². The van der Waals surface area contributed by atoms with Crippen molar-refractivity contribution in [3.05, 3.63) is 60.0 Å². The van der Waals surface area contributed by atoms with Crippen molar-refractivity contribution < 1.29 is 14.1 Å². The zero-order valence-corrected chi connectivity index (χ0v) is 17.3. The SMILES string of the molecule is COc1ccc(C)cc1NC(=O)C1CCCN(Cc2nc(-c3ccccc3)no2)C1. The van der Waals surface area contributed by atoms with Crippen molar-refractivity contribution >= 4 is 11.6 Å². The Morgan fingerprint density at radius 3 is 2.90 bits per heavy atom. The van der Waals surface area contributed by atoms with Gasteiger partial charge in [-0.3, -0.25) is 9.69 Å². The molecule has 1 N–H and O–H groups in total. The van der Waals surface area contributed by atoms with E-state index in [0.29, 0.717) is 36.2 Å². The fourth-order valence-corrected chi connectivity index (χ4v) is 3.78. The van der Waals surface area contributed by atoms with E-state index in [1.165, 1.54) is 0 Å². The Balaban J connectivity index is 1.38. The lowest BCUT2D eigenvalue weighted by atomic mass is 9.97. The lowest BCUT2D eigenvalue weighted by molar-refractivity contribution is -0.121. The van der Waals surface area contributed by atoms with Crippen LogP contribution in [0.25, 0.3) is 11.4 Å². The minimum Gasteiger partial charge on any atom is -0.495 e. The van der Waals surface area contributed by atoms with E-state index >= 15 is 0 Å². The number of benzene rings is 2. The molecule has 1 aliphatic rings. The number of rotatable bonds is 6. The summed E-state index contributed by atoms with van der Waals surface area (Å²) in [5.74, 6) is 1.74. The van der Waals surface area contributed by atoms with E-state index in [-0.39, 0.29) is 11.8 Å². The molecule has 1 aromatic heterocycles. The molecular formula is C23H26N4O3. The molecule has 7 nitrogen and oxygen atoms in total. The van der Waals surface area contributed by atoms with Crippen LogP contribution in [0.15, 0.2) is 53.1 Å². The summed E-state index contributed by atoms with van der Waals surface area (Å²) in [4.78, 5) is 19.6. The van der Waals surface area contributed by atoms with E-state index in [1.807, 2.05) is 55.5 Å². The molecule has 0 saturated carbocycles. The highest BCUT2D eigenvalue weighted by molar-refractivity contribution is 5.94. The molecule has 0 spiro atoms. The van der Waals surface area contributed by atoms with Crippen molar-refractivity contribution in [2.75, 3.05) is 25.5 Å². The predicted molar refractivity (Wildman–Crippen MR) is 114 cm³/mol.